The lowest BCUT2D eigenvalue weighted by Crippen LogP contribution is -2.04. The van der Waals surface area contributed by atoms with Crippen molar-refractivity contribution in [2.45, 2.75) is 20.3 Å². The molecule has 0 unspecified atom stereocenters. The first kappa shape index (κ1) is 15.4. The maximum Gasteiger partial charge on any atom is 0.131 e. The number of hydrogen-bond donors (Lipinski definition) is 1. The topological polar surface area (TPSA) is 35.2 Å². The number of rotatable bonds is 4. The van der Waals surface area contributed by atoms with Gasteiger partial charge in [-0.2, -0.15) is 0 Å². The van der Waals surface area contributed by atoms with Crippen molar-refractivity contribution in [2.24, 2.45) is 5.73 Å². The van der Waals surface area contributed by atoms with Crippen LogP contribution in [0, 0.1) is 13.8 Å². The Morgan fingerprint density at radius 2 is 1.80 bits per heavy atom. The monoisotopic (exact) mass is 353 g/mol. The molecule has 0 aliphatic heterocycles. The zero-order valence-electron chi connectivity index (χ0n) is 11.5. The lowest BCUT2D eigenvalue weighted by atomic mass is 10.1. The SMILES string of the molecule is Cc1cc(Oc2cc(Br)ccc2CCN)cc(C)c1Cl. The van der Waals surface area contributed by atoms with Crippen LogP contribution in [0.5, 0.6) is 11.5 Å². The molecule has 2 N–H and O–H groups in total. The number of ether oxygens (including phenoxy) is 1. The Balaban J connectivity index is 2.36. The molecule has 0 aliphatic rings. The van der Waals surface area contributed by atoms with Gasteiger partial charge in [-0.1, -0.05) is 33.6 Å². The van der Waals surface area contributed by atoms with Crippen molar-refractivity contribution in [1.29, 1.82) is 0 Å². The fourth-order valence-corrected chi connectivity index (χ4v) is 2.53. The molecule has 0 aromatic heterocycles. The lowest BCUT2D eigenvalue weighted by molar-refractivity contribution is 0.475. The zero-order valence-corrected chi connectivity index (χ0v) is 13.9. The molecule has 0 aliphatic carbocycles. The van der Waals surface area contributed by atoms with Gasteiger partial charge in [0.25, 0.3) is 0 Å². The van der Waals surface area contributed by atoms with Crippen molar-refractivity contribution >= 4 is 27.5 Å². The summed E-state index contributed by atoms with van der Waals surface area (Å²) in [6.07, 6.45) is 0.786. The van der Waals surface area contributed by atoms with E-state index in [1.54, 1.807) is 0 Å². The van der Waals surface area contributed by atoms with E-state index in [2.05, 4.69) is 15.9 Å². The fourth-order valence-electron chi connectivity index (χ4n) is 2.08. The molecule has 2 aromatic rings. The van der Waals surface area contributed by atoms with Crippen LogP contribution in [0.4, 0.5) is 0 Å². The second-order valence-electron chi connectivity index (χ2n) is 4.76. The normalized spacial score (nSPS) is 10.7. The molecular weight excluding hydrogens is 338 g/mol. The third-order valence-corrected chi connectivity index (χ3v) is 4.17. The van der Waals surface area contributed by atoms with Gasteiger partial charge in [0.15, 0.2) is 0 Å². The second-order valence-corrected chi connectivity index (χ2v) is 6.06. The first-order valence-electron chi connectivity index (χ1n) is 6.44. The Morgan fingerprint density at radius 3 is 2.40 bits per heavy atom. The fraction of sp³-hybridized carbons (Fsp3) is 0.250. The van der Waals surface area contributed by atoms with Crippen LogP contribution in [0.25, 0.3) is 0 Å². The van der Waals surface area contributed by atoms with Gasteiger partial charge in [-0.25, -0.2) is 0 Å². The summed E-state index contributed by atoms with van der Waals surface area (Å²) in [6.45, 7) is 4.55. The van der Waals surface area contributed by atoms with E-state index in [4.69, 9.17) is 22.1 Å². The highest BCUT2D eigenvalue weighted by atomic mass is 79.9. The number of nitrogens with two attached hydrogens (primary N) is 1. The van der Waals surface area contributed by atoms with Crippen LogP contribution in [0.15, 0.2) is 34.8 Å². The van der Waals surface area contributed by atoms with E-state index in [1.807, 2.05) is 44.2 Å². The van der Waals surface area contributed by atoms with E-state index >= 15 is 0 Å². The molecule has 106 valence electrons. The maximum absolute atomic E-state index is 6.18. The van der Waals surface area contributed by atoms with Crippen LogP contribution < -0.4 is 10.5 Å². The highest BCUT2D eigenvalue weighted by Gasteiger charge is 2.08. The number of hydrogen-bond acceptors (Lipinski definition) is 2. The molecule has 4 heteroatoms. The Kier molecular flexibility index (Phi) is 5.08. The highest BCUT2D eigenvalue weighted by molar-refractivity contribution is 9.10. The minimum atomic E-state index is 0.594. The van der Waals surface area contributed by atoms with Crippen molar-refractivity contribution in [3.63, 3.8) is 0 Å². The van der Waals surface area contributed by atoms with Crippen LogP contribution >= 0.6 is 27.5 Å². The molecule has 0 saturated carbocycles. The summed E-state index contributed by atoms with van der Waals surface area (Å²) in [5, 5.41) is 0.786. The van der Waals surface area contributed by atoms with E-state index in [9.17, 15) is 0 Å². The van der Waals surface area contributed by atoms with Crippen LogP contribution in [0.3, 0.4) is 0 Å². The first-order valence-corrected chi connectivity index (χ1v) is 7.61. The smallest absolute Gasteiger partial charge is 0.131 e. The summed E-state index contributed by atoms with van der Waals surface area (Å²) in [4.78, 5) is 0. The third-order valence-electron chi connectivity index (χ3n) is 3.08. The molecule has 0 spiro atoms. The quantitative estimate of drug-likeness (QED) is 0.837. The standard InChI is InChI=1S/C16H17BrClNO/c1-10-7-14(8-11(2)16(10)18)20-15-9-13(17)4-3-12(15)5-6-19/h3-4,7-9H,5-6,19H2,1-2H3. The number of benzene rings is 2. The second kappa shape index (κ2) is 6.61. The molecule has 0 fully saturated rings. The van der Waals surface area contributed by atoms with E-state index in [0.717, 1.165) is 44.1 Å². The van der Waals surface area contributed by atoms with Crippen LogP contribution in [-0.4, -0.2) is 6.54 Å². The van der Waals surface area contributed by atoms with Gasteiger partial charge >= 0.3 is 0 Å². The molecule has 2 aromatic carbocycles. The average Bonchev–Trinajstić information content (AvgIpc) is 2.39. The van der Waals surface area contributed by atoms with Crippen molar-refractivity contribution in [3.8, 4) is 11.5 Å². The molecule has 2 rings (SSSR count). The van der Waals surface area contributed by atoms with E-state index in [0.29, 0.717) is 6.54 Å². The van der Waals surface area contributed by atoms with Gasteiger partial charge in [-0.05, 0) is 67.8 Å². The van der Waals surface area contributed by atoms with Crippen molar-refractivity contribution in [1.82, 2.24) is 0 Å². The van der Waals surface area contributed by atoms with E-state index in [1.165, 1.54) is 0 Å². The lowest BCUT2D eigenvalue weighted by Gasteiger charge is -2.13. The minimum Gasteiger partial charge on any atom is -0.457 e. The van der Waals surface area contributed by atoms with Crippen LogP contribution in [-0.2, 0) is 6.42 Å². The van der Waals surface area contributed by atoms with E-state index in [-0.39, 0.29) is 0 Å². The molecule has 2 nitrogen and oxygen atoms in total. The Morgan fingerprint density at radius 1 is 1.15 bits per heavy atom. The first-order chi connectivity index (χ1) is 9.51. The van der Waals surface area contributed by atoms with Crippen molar-refractivity contribution in [2.75, 3.05) is 6.54 Å². The number of aryl methyl sites for hydroxylation is 2. The van der Waals surface area contributed by atoms with Crippen LogP contribution in [0.2, 0.25) is 5.02 Å². The van der Waals surface area contributed by atoms with Crippen molar-refractivity contribution < 1.29 is 4.74 Å². The molecule has 0 bridgehead atoms. The highest BCUT2D eigenvalue weighted by Crippen LogP contribution is 2.32. The molecule has 20 heavy (non-hydrogen) atoms. The van der Waals surface area contributed by atoms with Crippen molar-refractivity contribution in [3.05, 3.63) is 56.5 Å². The molecule has 0 radical (unpaired) electrons. The summed E-state index contributed by atoms with van der Waals surface area (Å²) in [5.74, 6) is 1.62. The van der Waals surface area contributed by atoms with Gasteiger partial charge in [0.1, 0.15) is 11.5 Å². The predicted octanol–water partition coefficient (Wildman–Crippen LogP) is 5.01. The predicted molar refractivity (Wildman–Crippen MR) is 87.9 cm³/mol. The molecular formula is C16H17BrClNO. The van der Waals surface area contributed by atoms with Gasteiger partial charge < -0.3 is 10.5 Å². The average molecular weight is 355 g/mol. The Hall–Kier alpha value is -1.03. The van der Waals surface area contributed by atoms with Gasteiger partial charge in [0, 0.05) is 9.50 Å². The van der Waals surface area contributed by atoms with Crippen LogP contribution in [0.1, 0.15) is 16.7 Å². The summed E-state index contributed by atoms with van der Waals surface area (Å²) in [7, 11) is 0. The van der Waals surface area contributed by atoms with E-state index < -0.39 is 0 Å². The maximum atomic E-state index is 6.18. The van der Waals surface area contributed by atoms with Gasteiger partial charge in [-0.3, -0.25) is 0 Å². The van der Waals surface area contributed by atoms with Gasteiger partial charge in [-0.15, -0.1) is 0 Å². The minimum absolute atomic E-state index is 0.594. The Bertz CT molecular complexity index is 605. The summed E-state index contributed by atoms with van der Waals surface area (Å²) in [5.41, 5.74) is 8.76. The van der Waals surface area contributed by atoms with Gasteiger partial charge in [0.2, 0.25) is 0 Å². The molecule has 0 saturated heterocycles. The third kappa shape index (κ3) is 3.54. The molecule has 0 heterocycles. The van der Waals surface area contributed by atoms with Gasteiger partial charge in [0.05, 0.1) is 0 Å². The summed E-state index contributed by atoms with van der Waals surface area (Å²) < 4.78 is 7.00. The Labute approximate surface area is 133 Å². The largest absolute Gasteiger partial charge is 0.457 e. The molecule has 0 amide bonds. The molecule has 0 atom stereocenters. The zero-order chi connectivity index (χ0) is 14.7. The summed E-state index contributed by atoms with van der Waals surface area (Å²) >= 11 is 9.65. The number of halogens is 2. The summed E-state index contributed by atoms with van der Waals surface area (Å²) in [6, 6.07) is 9.88.